The summed E-state index contributed by atoms with van der Waals surface area (Å²) in [6.45, 7) is 3.67. The molecule has 4 rings (SSSR count). The van der Waals surface area contributed by atoms with Crippen molar-refractivity contribution < 1.29 is 33.7 Å². The second kappa shape index (κ2) is 9.65. The summed E-state index contributed by atoms with van der Waals surface area (Å²) in [5.41, 5.74) is 9.25. The highest BCUT2D eigenvalue weighted by molar-refractivity contribution is 5.92. The number of nitrogens with two attached hydrogens (primary N) is 1. The number of ether oxygens (including phenoxy) is 2. The normalized spacial score (nSPS) is 22.1. The van der Waals surface area contributed by atoms with Crippen molar-refractivity contribution in [2.45, 2.75) is 38.4 Å². The first kappa shape index (κ1) is 24.1. The Morgan fingerprint density at radius 3 is 2.83 bits per heavy atom. The fraction of sp³-hybridized carbons (Fsp3) is 0.400. The summed E-state index contributed by atoms with van der Waals surface area (Å²) in [5.74, 6) is -0.445. The van der Waals surface area contributed by atoms with Crippen LogP contribution < -0.4 is 16.5 Å². The minimum Gasteiger partial charge on any atom is -0.465 e. The van der Waals surface area contributed by atoms with Crippen LogP contribution in [0.5, 0.6) is 0 Å². The van der Waals surface area contributed by atoms with Crippen LogP contribution in [-0.2, 0) is 14.3 Å². The smallest absolute Gasteiger partial charge is 0.341 e. The molecule has 186 valence electrons. The number of amides is 1. The number of carbonyl (C=O) groups is 2. The topological polar surface area (TPSA) is 212 Å². The van der Waals surface area contributed by atoms with Crippen LogP contribution in [0.3, 0.4) is 0 Å². The van der Waals surface area contributed by atoms with Crippen molar-refractivity contribution in [3.05, 3.63) is 29.5 Å². The molecule has 3 aromatic heterocycles. The number of hydrogen-bond acceptors (Lipinski definition) is 13. The van der Waals surface area contributed by atoms with Crippen molar-refractivity contribution in [3.63, 3.8) is 0 Å². The van der Waals surface area contributed by atoms with Gasteiger partial charge in [0.05, 0.1) is 19.7 Å². The van der Waals surface area contributed by atoms with Crippen LogP contribution in [0.4, 0.5) is 11.8 Å². The first-order valence-electron chi connectivity index (χ1n) is 10.5. The van der Waals surface area contributed by atoms with Crippen molar-refractivity contribution in [3.8, 4) is 0 Å². The van der Waals surface area contributed by atoms with Gasteiger partial charge in [-0.3, -0.25) is 9.36 Å². The third kappa shape index (κ3) is 4.51. The van der Waals surface area contributed by atoms with E-state index in [4.69, 9.17) is 14.9 Å². The number of nitrogen functional groups attached to an aromatic ring is 1. The van der Waals surface area contributed by atoms with Gasteiger partial charge in [-0.1, -0.05) is 0 Å². The Kier molecular flexibility index (Phi) is 6.63. The zero-order valence-corrected chi connectivity index (χ0v) is 19.0. The molecular weight excluding hydrogens is 464 g/mol. The molecule has 1 aliphatic rings. The minimum absolute atomic E-state index is 0.0154. The van der Waals surface area contributed by atoms with Crippen molar-refractivity contribution in [1.29, 1.82) is 0 Å². The summed E-state index contributed by atoms with van der Waals surface area (Å²) in [6, 6.07) is 1.47. The standard InChI is InChI=1S/C20H24N8O7/c1-4-22-17(31)14-12(29)13(30)18(35-14)28-7-23-11-15(21)25-20(26-16(11)28)27-24-6-9-5-10(8(2)34-9)19(32)33-3/h5-7,12-14,18,29-30H,4H2,1-3H3,(H,22,31)(H3,21,25,26,27)/b24-6+/t12-,13+,14-,18+/m0/s1. The maximum atomic E-state index is 12.2. The molecule has 0 spiro atoms. The molecule has 1 aliphatic heterocycles. The van der Waals surface area contributed by atoms with Gasteiger partial charge in [-0.25, -0.2) is 15.2 Å². The molecule has 0 aromatic carbocycles. The van der Waals surface area contributed by atoms with E-state index in [-0.39, 0.29) is 34.3 Å². The molecule has 1 fully saturated rings. The fourth-order valence-electron chi connectivity index (χ4n) is 3.59. The second-order valence-electron chi connectivity index (χ2n) is 7.56. The van der Waals surface area contributed by atoms with Crippen LogP contribution in [0.15, 0.2) is 21.9 Å². The van der Waals surface area contributed by atoms with Gasteiger partial charge in [0, 0.05) is 12.6 Å². The van der Waals surface area contributed by atoms with E-state index in [2.05, 4.69) is 35.5 Å². The molecule has 1 saturated heterocycles. The predicted octanol–water partition coefficient (Wildman–Crippen LogP) is -0.702. The highest BCUT2D eigenvalue weighted by atomic mass is 16.6. The maximum absolute atomic E-state index is 12.2. The zero-order chi connectivity index (χ0) is 25.3. The van der Waals surface area contributed by atoms with E-state index < -0.39 is 36.4 Å². The van der Waals surface area contributed by atoms with Crippen molar-refractivity contribution >= 4 is 41.0 Å². The van der Waals surface area contributed by atoms with E-state index in [1.165, 1.54) is 30.3 Å². The quantitative estimate of drug-likeness (QED) is 0.159. The average molecular weight is 488 g/mol. The number of nitrogens with zero attached hydrogens (tertiary/aromatic N) is 5. The second-order valence-corrected chi connectivity index (χ2v) is 7.56. The lowest BCUT2D eigenvalue weighted by Gasteiger charge is -2.16. The third-order valence-electron chi connectivity index (χ3n) is 5.27. The van der Waals surface area contributed by atoms with Gasteiger partial charge in [0.1, 0.15) is 34.8 Å². The number of aromatic nitrogens is 4. The summed E-state index contributed by atoms with van der Waals surface area (Å²) in [7, 11) is 1.27. The molecule has 0 bridgehead atoms. The molecule has 4 heterocycles. The van der Waals surface area contributed by atoms with E-state index in [0.717, 1.165) is 0 Å². The molecule has 0 saturated carbocycles. The highest BCUT2D eigenvalue weighted by Gasteiger charge is 2.47. The summed E-state index contributed by atoms with van der Waals surface area (Å²) in [4.78, 5) is 36.4. The molecule has 0 aliphatic carbocycles. The van der Waals surface area contributed by atoms with Gasteiger partial charge < -0.3 is 35.2 Å². The van der Waals surface area contributed by atoms with Gasteiger partial charge in [-0.2, -0.15) is 15.1 Å². The molecule has 35 heavy (non-hydrogen) atoms. The highest BCUT2D eigenvalue weighted by Crippen LogP contribution is 2.32. The van der Waals surface area contributed by atoms with Gasteiger partial charge in [0.2, 0.25) is 5.95 Å². The lowest BCUT2D eigenvalue weighted by atomic mass is 10.1. The first-order valence-corrected chi connectivity index (χ1v) is 10.5. The Morgan fingerprint density at radius 2 is 2.11 bits per heavy atom. The number of anilines is 2. The Bertz CT molecular complexity index is 1290. The third-order valence-corrected chi connectivity index (χ3v) is 5.27. The molecule has 0 unspecified atom stereocenters. The zero-order valence-electron chi connectivity index (χ0n) is 19.0. The average Bonchev–Trinajstić information content (AvgIpc) is 3.50. The number of carbonyl (C=O) groups excluding carboxylic acids is 2. The van der Waals surface area contributed by atoms with E-state index in [9.17, 15) is 19.8 Å². The van der Waals surface area contributed by atoms with Crippen LogP contribution in [0.1, 0.15) is 35.0 Å². The molecule has 6 N–H and O–H groups in total. The Labute approximate surface area is 197 Å². The number of aliphatic hydroxyl groups is 2. The van der Waals surface area contributed by atoms with Crippen molar-refractivity contribution in [2.24, 2.45) is 5.10 Å². The van der Waals surface area contributed by atoms with Gasteiger partial charge >= 0.3 is 5.97 Å². The number of furan rings is 1. The fourth-order valence-corrected chi connectivity index (χ4v) is 3.59. The van der Waals surface area contributed by atoms with Crippen molar-refractivity contribution in [1.82, 2.24) is 24.8 Å². The van der Waals surface area contributed by atoms with Gasteiger partial charge in [0.15, 0.2) is 23.8 Å². The number of esters is 1. The largest absolute Gasteiger partial charge is 0.465 e. The summed E-state index contributed by atoms with van der Waals surface area (Å²) >= 11 is 0. The Morgan fingerprint density at radius 1 is 1.34 bits per heavy atom. The van der Waals surface area contributed by atoms with Gasteiger partial charge in [-0.15, -0.1) is 0 Å². The van der Waals surface area contributed by atoms with Crippen LogP contribution in [0.2, 0.25) is 0 Å². The number of hydrazone groups is 1. The number of hydrogen-bond donors (Lipinski definition) is 5. The number of aryl methyl sites for hydroxylation is 1. The summed E-state index contributed by atoms with van der Waals surface area (Å²) in [5, 5.41) is 27.3. The SMILES string of the molecule is CCNC(=O)[C@H]1O[C@@H](n2cnc3c(N)nc(N/N=C/c4cc(C(=O)OC)c(C)o4)nc32)[C@H](O)[C@@H]1O. The predicted molar refractivity (Wildman–Crippen MR) is 120 cm³/mol. The summed E-state index contributed by atoms with van der Waals surface area (Å²) in [6.07, 6.45) is -2.72. The molecule has 15 heteroatoms. The lowest BCUT2D eigenvalue weighted by Crippen LogP contribution is -2.42. The van der Waals surface area contributed by atoms with Crippen LogP contribution in [0, 0.1) is 6.92 Å². The molecule has 4 atom stereocenters. The summed E-state index contributed by atoms with van der Waals surface area (Å²) < 4.78 is 17.1. The maximum Gasteiger partial charge on any atom is 0.341 e. The Balaban J connectivity index is 1.57. The molecule has 1 amide bonds. The number of fused-ring (bicyclic) bond motifs is 1. The van der Waals surface area contributed by atoms with E-state index in [1.807, 2.05) is 0 Å². The number of methoxy groups -OCH3 is 1. The van der Waals surface area contributed by atoms with Crippen molar-refractivity contribution in [2.75, 3.05) is 24.8 Å². The molecule has 15 nitrogen and oxygen atoms in total. The van der Waals surface area contributed by atoms with Crippen LogP contribution in [-0.4, -0.2) is 79.8 Å². The van der Waals surface area contributed by atoms with Gasteiger partial charge in [0.25, 0.3) is 5.91 Å². The molecule has 3 aromatic rings. The van der Waals surface area contributed by atoms with E-state index in [1.54, 1.807) is 13.8 Å². The van der Waals surface area contributed by atoms with Crippen LogP contribution >= 0.6 is 0 Å². The first-order chi connectivity index (χ1) is 16.7. The number of aliphatic hydroxyl groups excluding tert-OH is 2. The number of likely N-dealkylation sites (N-methyl/N-ethyl adjacent to an activating group) is 1. The van der Waals surface area contributed by atoms with Crippen LogP contribution in [0.25, 0.3) is 11.2 Å². The Hall–Kier alpha value is -4.08. The molecule has 0 radical (unpaired) electrons. The number of nitrogens with one attached hydrogen (secondary N) is 2. The monoisotopic (exact) mass is 488 g/mol. The van der Waals surface area contributed by atoms with Gasteiger partial charge in [-0.05, 0) is 13.8 Å². The minimum atomic E-state index is -1.46. The number of rotatable bonds is 7. The van der Waals surface area contributed by atoms with E-state index >= 15 is 0 Å². The lowest BCUT2D eigenvalue weighted by molar-refractivity contribution is -0.137. The number of imidazole rings is 1. The molecular formula is C20H24N8O7. The van der Waals surface area contributed by atoms with E-state index in [0.29, 0.717) is 12.3 Å².